The normalized spacial score (nSPS) is 13.9. The van der Waals surface area contributed by atoms with E-state index in [1.807, 2.05) is 65.6 Å². The highest BCUT2D eigenvalue weighted by Gasteiger charge is 2.29. The van der Waals surface area contributed by atoms with Crippen LogP contribution in [0, 0.1) is 0 Å². The molecule has 3 amide bonds. The fourth-order valence-electron chi connectivity index (χ4n) is 4.20. The van der Waals surface area contributed by atoms with Gasteiger partial charge in [-0.2, -0.15) is 0 Å². The van der Waals surface area contributed by atoms with E-state index in [4.69, 9.17) is 10.2 Å². The maximum absolute atomic E-state index is 13.5. The van der Waals surface area contributed by atoms with Gasteiger partial charge in [-0.15, -0.1) is 0 Å². The second kappa shape index (κ2) is 19.1. The van der Waals surface area contributed by atoms with E-state index in [0.717, 1.165) is 24.2 Å². The van der Waals surface area contributed by atoms with Gasteiger partial charge in [-0.05, 0) is 24.6 Å². The van der Waals surface area contributed by atoms with Gasteiger partial charge in [0.1, 0.15) is 6.04 Å². The molecular weight excluding hydrogens is 572 g/mol. The first-order valence-electron chi connectivity index (χ1n) is 13.9. The number of benzene rings is 2. The van der Waals surface area contributed by atoms with Crippen LogP contribution in [0.15, 0.2) is 72.8 Å². The largest absolute Gasteiger partial charge is 0.478 e. The molecule has 0 aliphatic carbocycles. The van der Waals surface area contributed by atoms with Gasteiger partial charge in [-0.1, -0.05) is 72.4 Å². The van der Waals surface area contributed by atoms with Crippen LogP contribution < -0.4 is 5.32 Å². The SMILES string of the molecule is CC(=O)SCCN(CCc1ccccc1)C(=O)N[C@@H](Cc1ccccc1)C(=O)N1CCN(C)CC1.O=C(O)/C=C/C(=O)O. The third-order valence-corrected chi connectivity index (χ3v) is 7.32. The number of aliphatic carboxylic acids is 2. The topological polar surface area (TPSA) is 148 Å². The van der Waals surface area contributed by atoms with Crippen molar-refractivity contribution in [1.29, 1.82) is 0 Å². The molecule has 43 heavy (non-hydrogen) atoms. The molecule has 232 valence electrons. The molecule has 0 radical (unpaired) electrons. The standard InChI is InChI=1S/C27H36N4O3S.C4H4O4/c1-22(32)35-20-19-31(14-13-23-9-5-3-6-10-23)27(34)28-25(21-24-11-7-4-8-12-24)26(33)30-17-15-29(2)16-18-30;5-3(6)1-2-4(7)8/h3-12,25H,13-21H2,1-2H3,(H,28,34);1-2H,(H,5,6)(H,7,8)/b;2-1+/t25-;/m0./s1. The highest BCUT2D eigenvalue weighted by atomic mass is 32.2. The van der Waals surface area contributed by atoms with Gasteiger partial charge < -0.3 is 30.2 Å². The van der Waals surface area contributed by atoms with Crippen LogP contribution in [-0.2, 0) is 32.0 Å². The van der Waals surface area contributed by atoms with Crippen LogP contribution in [0.3, 0.4) is 0 Å². The van der Waals surface area contributed by atoms with E-state index in [0.29, 0.717) is 56.9 Å². The summed E-state index contributed by atoms with van der Waals surface area (Å²) in [5, 5.41) is 18.7. The third kappa shape index (κ3) is 14.5. The van der Waals surface area contributed by atoms with Crippen LogP contribution in [0.5, 0.6) is 0 Å². The molecule has 1 heterocycles. The van der Waals surface area contributed by atoms with Crippen molar-refractivity contribution in [2.24, 2.45) is 0 Å². The smallest absolute Gasteiger partial charge is 0.328 e. The summed E-state index contributed by atoms with van der Waals surface area (Å²) in [6, 6.07) is 18.9. The predicted octanol–water partition coefficient (Wildman–Crippen LogP) is 2.62. The van der Waals surface area contributed by atoms with E-state index in [2.05, 4.69) is 17.3 Å². The van der Waals surface area contributed by atoms with Crippen molar-refractivity contribution in [1.82, 2.24) is 20.0 Å². The van der Waals surface area contributed by atoms with E-state index in [1.54, 1.807) is 4.90 Å². The number of likely N-dealkylation sites (N-methyl/N-ethyl adjacent to an activating group) is 1. The summed E-state index contributed by atoms with van der Waals surface area (Å²) < 4.78 is 0. The molecule has 3 rings (SSSR count). The van der Waals surface area contributed by atoms with Crippen molar-refractivity contribution < 1.29 is 34.2 Å². The maximum Gasteiger partial charge on any atom is 0.328 e. The Morgan fingerprint density at radius 2 is 1.40 bits per heavy atom. The number of carbonyl (C=O) groups is 5. The molecule has 1 atom stereocenters. The number of piperazine rings is 1. The Morgan fingerprint density at radius 1 is 0.860 bits per heavy atom. The lowest BCUT2D eigenvalue weighted by atomic mass is 10.0. The Bertz CT molecular complexity index is 1200. The number of carboxylic acids is 2. The predicted molar refractivity (Wildman–Crippen MR) is 166 cm³/mol. The van der Waals surface area contributed by atoms with Crippen molar-refractivity contribution >= 4 is 40.8 Å². The number of carboxylic acid groups (broad SMARTS) is 2. The summed E-state index contributed by atoms with van der Waals surface area (Å²) in [6.45, 7) is 5.43. The molecule has 0 spiro atoms. The summed E-state index contributed by atoms with van der Waals surface area (Å²) in [6.07, 6.45) is 2.26. The van der Waals surface area contributed by atoms with Gasteiger partial charge in [0.05, 0.1) is 0 Å². The molecule has 2 aromatic carbocycles. The first-order chi connectivity index (χ1) is 20.5. The first-order valence-corrected chi connectivity index (χ1v) is 14.9. The first kappa shape index (κ1) is 35.0. The molecule has 1 aliphatic rings. The molecule has 1 aliphatic heterocycles. The lowest BCUT2D eigenvalue weighted by Crippen LogP contribution is -2.57. The Kier molecular flexibility index (Phi) is 15.6. The summed E-state index contributed by atoms with van der Waals surface area (Å²) in [7, 11) is 2.05. The summed E-state index contributed by atoms with van der Waals surface area (Å²) in [5.74, 6) is -2.04. The molecule has 0 unspecified atom stereocenters. The fraction of sp³-hybridized carbons (Fsp3) is 0.387. The van der Waals surface area contributed by atoms with Crippen LogP contribution >= 0.6 is 11.8 Å². The zero-order chi connectivity index (χ0) is 31.6. The van der Waals surface area contributed by atoms with Gasteiger partial charge in [0.15, 0.2) is 5.12 Å². The molecule has 1 fully saturated rings. The second-order valence-electron chi connectivity index (χ2n) is 9.89. The van der Waals surface area contributed by atoms with Gasteiger partial charge in [0, 0.05) is 70.5 Å². The Labute approximate surface area is 256 Å². The molecule has 0 saturated carbocycles. The lowest BCUT2D eigenvalue weighted by molar-refractivity contribution is -0.135. The zero-order valence-corrected chi connectivity index (χ0v) is 25.4. The minimum atomic E-state index is -1.26. The van der Waals surface area contributed by atoms with Crippen molar-refractivity contribution in [3.63, 3.8) is 0 Å². The quantitative estimate of drug-likeness (QED) is 0.308. The number of rotatable bonds is 12. The zero-order valence-electron chi connectivity index (χ0n) is 24.6. The number of thioether (sulfide) groups is 1. The summed E-state index contributed by atoms with van der Waals surface area (Å²) in [5.41, 5.74) is 2.14. The van der Waals surface area contributed by atoms with Crippen molar-refractivity contribution in [3.8, 4) is 0 Å². The van der Waals surface area contributed by atoms with Gasteiger partial charge in [0.25, 0.3) is 0 Å². The van der Waals surface area contributed by atoms with Gasteiger partial charge in [-0.3, -0.25) is 9.59 Å². The van der Waals surface area contributed by atoms with Crippen molar-refractivity contribution in [2.45, 2.75) is 25.8 Å². The van der Waals surface area contributed by atoms with E-state index in [9.17, 15) is 24.0 Å². The number of urea groups is 1. The molecule has 11 nitrogen and oxygen atoms in total. The molecule has 0 bridgehead atoms. The molecule has 3 N–H and O–H groups in total. The number of carbonyl (C=O) groups excluding carboxylic acids is 3. The number of nitrogens with one attached hydrogen (secondary N) is 1. The third-order valence-electron chi connectivity index (χ3n) is 6.53. The molecular formula is C31H40N4O7S. The maximum atomic E-state index is 13.5. The second-order valence-corrected chi connectivity index (χ2v) is 11.2. The van der Waals surface area contributed by atoms with Crippen molar-refractivity contribution in [2.75, 3.05) is 52.1 Å². The van der Waals surface area contributed by atoms with E-state index in [-0.39, 0.29) is 17.1 Å². The fourth-order valence-corrected chi connectivity index (χ4v) is 4.80. The van der Waals surface area contributed by atoms with Crippen LogP contribution in [-0.4, -0.2) is 112 Å². The monoisotopic (exact) mass is 612 g/mol. The van der Waals surface area contributed by atoms with Gasteiger partial charge >= 0.3 is 18.0 Å². The van der Waals surface area contributed by atoms with Crippen LogP contribution in [0.1, 0.15) is 18.1 Å². The molecule has 12 heteroatoms. The van der Waals surface area contributed by atoms with Crippen LogP contribution in [0.2, 0.25) is 0 Å². The number of hydrogen-bond acceptors (Lipinski definition) is 7. The van der Waals surface area contributed by atoms with Crippen LogP contribution in [0.25, 0.3) is 0 Å². The highest BCUT2D eigenvalue weighted by Crippen LogP contribution is 2.11. The Morgan fingerprint density at radius 3 is 1.91 bits per heavy atom. The highest BCUT2D eigenvalue weighted by molar-refractivity contribution is 8.13. The lowest BCUT2D eigenvalue weighted by Gasteiger charge is -2.35. The summed E-state index contributed by atoms with van der Waals surface area (Å²) in [4.78, 5) is 63.2. The average Bonchev–Trinajstić information content (AvgIpc) is 2.98. The number of hydrogen-bond donors (Lipinski definition) is 3. The van der Waals surface area contributed by atoms with Gasteiger partial charge in [-0.25, -0.2) is 14.4 Å². The minimum absolute atomic E-state index is 0.0283. The van der Waals surface area contributed by atoms with E-state index in [1.165, 1.54) is 18.7 Å². The average molecular weight is 613 g/mol. The van der Waals surface area contributed by atoms with Crippen molar-refractivity contribution in [3.05, 3.63) is 83.9 Å². The Balaban J connectivity index is 0.000000708. The minimum Gasteiger partial charge on any atom is -0.478 e. The van der Waals surface area contributed by atoms with Gasteiger partial charge in [0.2, 0.25) is 5.91 Å². The van der Waals surface area contributed by atoms with E-state index >= 15 is 0 Å². The van der Waals surface area contributed by atoms with Crippen LogP contribution in [0.4, 0.5) is 4.79 Å². The molecule has 2 aromatic rings. The molecule has 0 aromatic heterocycles. The number of nitrogens with zero attached hydrogens (tertiary/aromatic N) is 3. The van der Waals surface area contributed by atoms with E-state index < -0.39 is 18.0 Å². The Hall–Kier alpha value is -4.16. The molecule has 1 saturated heterocycles. The summed E-state index contributed by atoms with van der Waals surface area (Å²) >= 11 is 1.21. The number of amides is 3.